The molecular formula is C17H17BrN2O3. The van der Waals surface area contributed by atoms with Crippen LogP contribution in [0.1, 0.15) is 28.4 Å². The number of halogens is 1. The predicted octanol–water partition coefficient (Wildman–Crippen LogP) is 3.46. The zero-order chi connectivity index (χ0) is 16.7. The number of nitrogens with one attached hydrogen (secondary N) is 1. The molecule has 0 unspecified atom stereocenters. The zero-order valence-corrected chi connectivity index (χ0v) is 14.2. The molecule has 120 valence electrons. The Kier molecular flexibility index (Phi) is 6.31. The molecule has 0 aromatic heterocycles. The molecule has 2 aromatic carbocycles. The van der Waals surface area contributed by atoms with E-state index >= 15 is 0 Å². The van der Waals surface area contributed by atoms with Crippen molar-refractivity contribution in [3.05, 3.63) is 63.6 Å². The number of ether oxygens (including phenoxy) is 1. The lowest BCUT2D eigenvalue weighted by molar-refractivity contribution is 0.0955. The summed E-state index contributed by atoms with van der Waals surface area (Å²) in [5, 5.41) is 13.7. The number of nitrogens with zero attached hydrogens (tertiary/aromatic N) is 1. The van der Waals surface area contributed by atoms with Gasteiger partial charge >= 0.3 is 0 Å². The number of rotatable bonds is 6. The molecule has 2 aromatic rings. The molecule has 0 saturated heterocycles. The fourth-order valence-corrected chi connectivity index (χ4v) is 2.21. The third kappa shape index (κ3) is 4.91. The van der Waals surface area contributed by atoms with E-state index in [0.717, 1.165) is 5.56 Å². The Hall–Kier alpha value is -2.18. The van der Waals surface area contributed by atoms with Crippen LogP contribution in [0.25, 0.3) is 0 Å². The van der Waals surface area contributed by atoms with Crippen LogP contribution < -0.4 is 5.43 Å². The zero-order valence-electron chi connectivity index (χ0n) is 12.6. The summed E-state index contributed by atoms with van der Waals surface area (Å²) in [4.78, 5) is 12.0. The van der Waals surface area contributed by atoms with Gasteiger partial charge in [-0.15, -0.1) is 0 Å². The van der Waals surface area contributed by atoms with Gasteiger partial charge in [-0.05, 0) is 52.7 Å². The summed E-state index contributed by atoms with van der Waals surface area (Å²) in [6, 6.07) is 12.3. The fourth-order valence-electron chi connectivity index (χ4n) is 1.83. The van der Waals surface area contributed by atoms with Crippen molar-refractivity contribution in [3.63, 3.8) is 0 Å². The number of hydrogen-bond acceptors (Lipinski definition) is 4. The van der Waals surface area contributed by atoms with Crippen molar-refractivity contribution in [1.29, 1.82) is 0 Å². The van der Waals surface area contributed by atoms with Crippen molar-refractivity contribution in [1.82, 2.24) is 5.43 Å². The third-order valence-corrected chi connectivity index (χ3v) is 3.72. The largest absolute Gasteiger partial charge is 0.506 e. The quantitative estimate of drug-likeness (QED) is 0.598. The van der Waals surface area contributed by atoms with Crippen molar-refractivity contribution in [2.24, 2.45) is 5.10 Å². The molecule has 0 fully saturated rings. The highest BCUT2D eigenvalue weighted by molar-refractivity contribution is 9.10. The smallest absolute Gasteiger partial charge is 0.271 e. The molecule has 0 bridgehead atoms. The standard InChI is InChI=1S/C17H17BrN2O3/c1-2-23-11-12-6-8-13(9-7-12)17(22)20-19-10-14-4-3-5-15(18)16(14)21/h3-10,21H,2,11H2,1H3,(H,20,22)/b19-10+. The van der Waals surface area contributed by atoms with E-state index in [0.29, 0.717) is 28.8 Å². The molecule has 0 heterocycles. The van der Waals surface area contributed by atoms with Crippen LogP contribution in [-0.4, -0.2) is 23.8 Å². The summed E-state index contributed by atoms with van der Waals surface area (Å²) < 4.78 is 5.87. The van der Waals surface area contributed by atoms with E-state index < -0.39 is 0 Å². The molecule has 0 aliphatic heterocycles. The number of phenols is 1. The maximum absolute atomic E-state index is 12.0. The van der Waals surface area contributed by atoms with Crippen molar-refractivity contribution in [2.75, 3.05) is 6.61 Å². The second-order valence-corrected chi connectivity index (χ2v) is 5.57. The minimum atomic E-state index is -0.321. The lowest BCUT2D eigenvalue weighted by atomic mass is 10.1. The van der Waals surface area contributed by atoms with Gasteiger partial charge in [-0.25, -0.2) is 5.43 Å². The summed E-state index contributed by atoms with van der Waals surface area (Å²) in [6.07, 6.45) is 1.39. The number of phenolic OH excluding ortho intramolecular Hbond substituents is 1. The van der Waals surface area contributed by atoms with Crippen LogP contribution in [0.5, 0.6) is 5.75 Å². The van der Waals surface area contributed by atoms with Crippen molar-refractivity contribution >= 4 is 28.1 Å². The molecule has 0 aliphatic carbocycles. The number of aromatic hydroxyl groups is 1. The van der Waals surface area contributed by atoms with Crippen LogP contribution in [0.3, 0.4) is 0 Å². The van der Waals surface area contributed by atoms with Gasteiger partial charge in [-0.3, -0.25) is 4.79 Å². The van der Waals surface area contributed by atoms with Gasteiger partial charge in [0.15, 0.2) is 0 Å². The van der Waals surface area contributed by atoms with E-state index in [1.807, 2.05) is 19.1 Å². The van der Waals surface area contributed by atoms with Gasteiger partial charge in [-0.1, -0.05) is 18.2 Å². The summed E-state index contributed by atoms with van der Waals surface area (Å²) in [5.74, 6) is -0.246. The van der Waals surface area contributed by atoms with Gasteiger partial charge in [0.05, 0.1) is 17.3 Å². The first kappa shape index (κ1) is 17.2. The molecule has 1 amide bonds. The summed E-state index contributed by atoms with van der Waals surface area (Å²) in [6.45, 7) is 3.11. The van der Waals surface area contributed by atoms with E-state index in [-0.39, 0.29) is 11.7 Å². The molecule has 6 heteroatoms. The van der Waals surface area contributed by atoms with E-state index in [4.69, 9.17) is 4.74 Å². The molecular weight excluding hydrogens is 360 g/mol. The van der Waals surface area contributed by atoms with Crippen LogP contribution in [0, 0.1) is 0 Å². The maximum Gasteiger partial charge on any atom is 0.271 e. The number of amides is 1. The van der Waals surface area contributed by atoms with E-state index in [9.17, 15) is 9.90 Å². The first-order valence-corrected chi connectivity index (χ1v) is 7.88. The van der Waals surface area contributed by atoms with Crippen LogP contribution in [0.4, 0.5) is 0 Å². The maximum atomic E-state index is 12.0. The molecule has 5 nitrogen and oxygen atoms in total. The number of hydrazone groups is 1. The van der Waals surface area contributed by atoms with Crippen LogP contribution in [0.15, 0.2) is 52.0 Å². The minimum absolute atomic E-state index is 0.0748. The molecule has 2 rings (SSSR count). The molecule has 0 atom stereocenters. The molecule has 0 spiro atoms. The molecule has 0 radical (unpaired) electrons. The lowest BCUT2D eigenvalue weighted by Gasteiger charge is -2.04. The normalized spacial score (nSPS) is 10.9. The number of hydrogen-bond donors (Lipinski definition) is 2. The van der Waals surface area contributed by atoms with Gasteiger partial charge in [-0.2, -0.15) is 5.10 Å². The SMILES string of the molecule is CCOCc1ccc(C(=O)N/N=C/c2cccc(Br)c2O)cc1. The minimum Gasteiger partial charge on any atom is -0.506 e. The Balaban J connectivity index is 1.96. The van der Waals surface area contributed by atoms with E-state index in [2.05, 4.69) is 26.5 Å². The summed E-state index contributed by atoms with van der Waals surface area (Å²) in [5.41, 5.74) is 4.44. The Labute approximate surface area is 143 Å². The molecule has 0 saturated carbocycles. The van der Waals surface area contributed by atoms with Gasteiger partial charge in [0.25, 0.3) is 5.91 Å². The Morgan fingerprint density at radius 3 is 2.74 bits per heavy atom. The summed E-state index contributed by atoms with van der Waals surface area (Å²) in [7, 11) is 0. The number of benzene rings is 2. The van der Waals surface area contributed by atoms with Crippen LogP contribution in [-0.2, 0) is 11.3 Å². The number of carbonyl (C=O) groups excluding carboxylic acids is 1. The van der Waals surface area contributed by atoms with Gasteiger partial charge in [0, 0.05) is 17.7 Å². The Morgan fingerprint density at radius 1 is 1.30 bits per heavy atom. The highest BCUT2D eigenvalue weighted by Gasteiger charge is 2.05. The van der Waals surface area contributed by atoms with Gasteiger partial charge in [0.1, 0.15) is 5.75 Å². The van der Waals surface area contributed by atoms with Crippen LogP contribution >= 0.6 is 15.9 Å². The van der Waals surface area contributed by atoms with Crippen molar-refractivity contribution in [3.8, 4) is 5.75 Å². The first-order valence-electron chi connectivity index (χ1n) is 7.09. The average Bonchev–Trinajstić information content (AvgIpc) is 2.57. The topological polar surface area (TPSA) is 70.9 Å². The molecule has 0 aliphatic rings. The van der Waals surface area contributed by atoms with Gasteiger partial charge < -0.3 is 9.84 Å². The number of para-hydroxylation sites is 1. The fraction of sp³-hybridized carbons (Fsp3) is 0.176. The van der Waals surface area contributed by atoms with Crippen molar-refractivity contribution < 1.29 is 14.6 Å². The lowest BCUT2D eigenvalue weighted by Crippen LogP contribution is -2.17. The second-order valence-electron chi connectivity index (χ2n) is 4.71. The van der Waals surface area contributed by atoms with Gasteiger partial charge in [0.2, 0.25) is 0 Å². The highest BCUT2D eigenvalue weighted by atomic mass is 79.9. The van der Waals surface area contributed by atoms with E-state index in [1.165, 1.54) is 6.21 Å². The van der Waals surface area contributed by atoms with Crippen LogP contribution in [0.2, 0.25) is 0 Å². The average molecular weight is 377 g/mol. The van der Waals surface area contributed by atoms with E-state index in [1.54, 1.807) is 30.3 Å². The van der Waals surface area contributed by atoms with Crippen molar-refractivity contribution in [2.45, 2.75) is 13.5 Å². The Bertz CT molecular complexity index is 699. The molecule has 23 heavy (non-hydrogen) atoms. The summed E-state index contributed by atoms with van der Waals surface area (Å²) >= 11 is 3.22. The monoisotopic (exact) mass is 376 g/mol. The first-order chi connectivity index (χ1) is 11.1. The third-order valence-electron chi connectivity index (χ3n) is 3.08. The number of carbonyl (C=O) groups is 1. The Morgan fingerprint density at radius 2 is 2.04 bits per heavy atom. The second kappa shape index (κ2) is 8.45. The highest BCUT2D eigenvalue weighted by Crippen LogP contribution is 2.25. The molecule has 2 N–H and O–H groups in total. The predicted molar refractivity (Wildman–Crippen MR) is 92.6 cm³/mol.